The Labute approximate surface area is 126 Å². The molecule has 3 nitrogen and oxygen atoms in total. The van der Waals surface area contributed by atoms with E-state index in [2.05, 4.69) is 28.9 Å². The van der Waals surface area contributed by atoms with E-state index in [0.29, 0.717) is 11.5 Å². The second-order valence-corrected chi connectivity index (χ2v) is 6.39. The summed E-state index contributed by atoms with van der Waals surface area (Å²) >= 11 is 4.94. The third-order valence-electron chi connectivity index (χ3n) is 3.08. The molecule has 0 radical (unpaired) electrons. The molecule has 0 aromatic heterocycles. The number of benzene rings is 1. The van der Waals surface area contributed by atoms with Crippen molar-refractivity contribution in [3.05, 3.63) is 27.7 Å². The van der Waals surface area contributed by atoms with Crippen LogP contribution in [0.4, 0.5) is 5.69 Å². The fourth-order valence-corrected chi connectivity index (χ4v) is 3.70. The summed E-state index contributed by atoms with van der Waals surface area (Å²) in [5.41, 5.74) is 3.45. The van der Waals surface area contributed by atoms with Crippen molar-refractivity contribution in [1.82, 2.24) is 0 Å². The number of aryl methyl sites for hydroxylation is 2. The number of carbonyl (C=O) groups is 1. The highest BCUT2D eigenvalue weighted by molar-refractivity contribution is 9.10. The number of anilines is 1. The van der Waals surface area contributed by atoms with Crippen molar-refractivity contribution in [1.29, 1.82) is 5.26 Å². The lowest BCUT2D eigenvalue weighted by molar-refractivity contribution is -0.116. The van der Waals surface area contributed by atoms with Crippen LogP contribution in [-0.4, -0.2) is 24.0 Å². The molecule has 0 saturated heterocycles. The number of hydrogen-bond acceptors (Lipinski definition) is 3. The molecule has 1 aromatic carbocycles. The first-order chi connectivity index (χ1) is 9.13. The Hall–Kier alpha value is -0.990. The molecular weight excluding hydrogens is 324 g/mol. The summed E-state index contributed by atoms with van der Waals surface area (Å²) in [6.07, 6.45) is 2.02. The fourth-order valence-electron chi connectivity index (χ4n) is 2.35. The topological polar surface area (TPSA) is 44.1 Å². The Morgan fingerprint density at radius 3 is 3.11 bits per heavy atom. The van der Waals surface area contributed by atoms with Gasteiger partial charge in [0, 0.05) is 11.0 Å². The lowest BCUT2D eigenvalue weighted by Gasteiger charge is -2.31. The van der Waals surface area contributed by atoms with Crippen molar-refractivity contribution in [3.63, 3.8) is 0 Å². The summed E-state index contributed by atoms with van der Waals surface area (Å²) in [5.74, 6) is 0.820. The van der Waals surface area contributed by atoms with E-state index in [1.165, 1.54) is 22.9 Å². The Morgan fingerprint density at radius 2 is 2.37 bits per heavy atom. The molecule has 0 bridgehead atoms. The number of halogens is 1. The zero-order valence-corrected chi connectivity index (χ0v) is 13.2. The van der Waals surface area contributed by atoms with Gasteiger partial charge in [-0.25, -0.2) is 0 Å². The van der Waals surface area contributed by atoms with Crippen molar-refractivity contribution in [2.75, 3.05) is 23.0 Å². The molecule has 1 amide bonds. The summed E-state index contributed by atoms with van der Waals surface area (Å²) in [6, 6.07) is 6.25. The van der Waals surface area contributed by atoms with Crippen LogP contribution in [0.5, 0.6) is 0 Å². The van der Waals surface area contributed by atoms with E-state index in [1.54, 1.807) is 0 Å². The van der Waals surface area contributed by atoms with E-state index >= 15 is 0 Å². The average molecular weight is 339 g/mol. The zero-order chi connectivity index (χ0) is 13.8. The fraction of sp³-hybridized carbons (Fsp3) is 0.429. The Morgan fingerprint density at radius 1 is 1.58 bits per heavy atom. The normalized spacial score (nSPS) is 13.8. The van der Waals surface area contributed by atoms with Crippen molar-refractivity contribution >= 4 is 39.3 Å². The first-order valence-electron chi connectivity index (χ1n) is 6.17. The highest BCUT2D eigenvalue weighted by atomic mass is 79.9. The van der Waals surface area contributed by atoms with E-state index in [0.717, 1.165) is 29.5 Å². The monoisotopic (exact) mass is 338 g/mol. The van der Waals surface area contributed by atoms with Gasteiger partial charge in [0.15, 0.2) is 0 Å². The van der Waals surface area contributed by atoms with Crippen LogP contribution in [0.2, 0.25) is 0 Å². The van der Waals surface area contributed by atoms with Gasteiger partial charge in [-0.1, -0.05) is 6.07 Å². The minimum Gasteiger partial charge on any atom is -0.310 e. The Kier molecular flexibility index (Phi) is 4.89. The zero-order valence-electron chi connectivity index (χ0n) is 10.8. The molecule has 5 heteroatoms. The number of carbonyl (C=O) groups excluding carboxylic acids is 1. The molecule has 1 heterocycles. The molecular formula is C14H15BrN2OS. The molecule has 1 aliphatic heterocycles. The van der Waals surface area contributed by atoms with Gasteiger partial charge < -0.3 is 4.90 Å². The first kappa shape index (κ1) is 14.4. The molecule has 2 rings (SSSR count). The molecule has 19 heavy (non-hydrogen) atoms. The molecule has 1 aliphatic rings. The molecule has 100 valence electrons. The van der Waals surface area contributed by atoms with Crippen molar-refractivity contribution < 1.29 is 4.79 Å². The number of nitriles is 1. The van der Waals surface area contributed by atoms with Crippen LogP contribution < -0.4 is 4.90 Å². The maximum atomic E-state index is 12.2. The second kappa shape index (κ2) is 6.44. The number of amides is 1. The van der Waals surface area contributed by atoms with Crippen LogP contribution in [0.1, 0.15) is 17.5 Å². The standard InChI is InChI=1S/C14H15BrN2OS/c1-10-7-11-3-2-5-17(14(11)12(15)8-10)13(18)9-19-6-4-16/h7-8H,2-3,5-6,9H2,1H3. The molecule has 0 saturated carbocycles. The average Bonchev–Trinajstić information content (AvgIpc) is 2.37. The number of nitrogens with zero attached hydrogens (tertiary/aromatic N) is 2. The molecule has 0 unspecified atom stereocenters. The van der Waals surface area contributed by atoms with Gasteiger partial charge in [0.2, 0.25) is 5.91 Å². The maximum Gasteiger partial charge on any atom is 0.237 e. The van der Waals surface area contributed by atoms with Crippen molar-refractivity contribution in [2.45, 2.75) is 19.8 Å². The van der Waals surface area contributed by atoms with Crippen molar-refractivity contribution in [2.24, 2.45) is 0 Å². The highest BCUT2D eigenvalue weighted by Gasteiger charge is 2.24. The minimum absolute atomic E-state index is 0.0887. The van der Waals surface area contributed by atoms with Gasteiger partial charge in [0.1, 0.15) is 0 Å². The number of rotatable bonds is 3. The molecule has 0 atom stereocenters. The van der Waals surface area contributed by atoms with Gasteiger partial charge in [-0.15, -0.1) is 11.8 Å². The summed E-state index contributed by atoms with van der Waals surface area (Å²) in [7, 11) is 0. The van der Waals surface area contributed by atoms with Crippen LogP contribution in [0.15, 0.2) is 16.6 Å². The van der Waals surface area contributed by atoms with Gasteiger partial charge in [0.25, 0.3) is 0 Å². The molecule has 1 aromatic rings. The first-order valence-corrected chi connectivity index (χ1v) is 8.12. The SMILES string of the molecule is Cc1cc(Br)c2c(c1)CCCN2C(=O)CSCC#N. The van der Waals surface area contributed by atoms with Crippen molar-refractivity contribution in [3.8, 4) is 6.07 Å². The van der Waals surface area contributed by atoms with E-state index in [-0.39, 0.29) is 5.91 Å². The van der Waals surface area contributed by atoms with Gasteiger partial charge in [-0.2, -0.15) is 5.26 Å². The molecule has 0 N–H and O–H groups in total. The molecule has 0 aliphatic carbocycles. The minimum atomic E-state index is 0.0887. The summed E-state index contributed by atoms with van der Waals surface area (Å²) < 4.78 is 0.987. The van der Waals surface area contributed by atoms with Crippen LogP contribution in [-0.2, 0) is 11.2 Å². The van der Waals surface area contributed by atoms with E-state index in [4.69, 9.17) is 5.26 Å². The summed E-state index contributed by atoms with van der Waals surface area (Å²) in [4.78, 5) is 14.1. The molecule has 0 spiro atoms. The predicted molar refractivity (Wildman–Crippen MR) is 82.5 cm³/mol. The van der Waals surface area contributed by atoms with Gasteiger partial charge >= 0.3 is 0 Å². The Balaban J connectivity index is 2.22. The van der Waals surface area contributed by atoms with Crippen LogP contribution >= 0.6 is 27.7 Å². The largest absolute Gasteiger partial charge is 0.310 e. The van der Waals surface area contributed by atoms with E-state index < -0.39 is 0 Å². The van der Waals surface area contributed by atoms with Crippen LogP contribution in [0, 0.1) is 18.3 Å². The second-order valence-electron chi connectivity index (χ2n) is 4.55. The number of hydrogen-bond donors (Lipinski definition) is 0. The van der Waals surface area contributed by atoms with E-state index in [1.807, 2.05) is 17.0 Å². The van der Waals surface area contributed by atoms with Crippen LogP contribution in [0.25, 0.3) is 0 Å². The summed E-state index contributed by atoms with van der Waals surface area (Å²) in [5, 5.41) is 8.52. The Bertz CT molecular complexity index is 539. The van der Waals surface area contributed by atoms with Gasteiger partial charge in [-0.3, -0.25) is 4.79 Å². The third-order valence-corrected chi connectivity index (χ3v) is 4.47. The smallest absolute Gasteiger partial charge is 0.237 e. The van der Waals surface area contributed by atoms with E-state index in [9.17, 15) is 4.79 Å². The quantitative estimate of drug-likeness (QED) is 0.794. The third kappa shape index (κ3) is 3.31. The highest BCUT2D eigenvalue weighted by Crippen LogP contribution is 2.35. The maximum absolute atomic E-state index is 12.2. The predicted octanol–water partition coefficient (Wildman–Crippen LogP) is 3.29. The lowest BCUT2D eigenvalue weighted by atomic mass is 9.99. The number of thioether (sulfide) groups is 1. The van der Waals surface area contributed by atoms with Gasteiger partial charge in [0.05, 0.1) is 23.3 Å². The van der Waals surface area contributed by atoms with Gasteiger partial charge in [-0.05, 0) is 52.9 Å². The van der Waals surface area contributed by atoms with Crippen LogP contribution in [0.3, 0.4) is 0 Å². The number of fused-ring (bicyclic) bond motifs is 1. The molecule has 0 fully saturated rings. The lowest BCUT2D eigenvalue weighted by Crippen LogP contribution is -2.37. The summed E-state index contributed by atoms with van der Waals surface area (Å²) in [6.45, 7) is 2.83.